The summed E-state index contributed by atoms with van der Waals surface area (Å²) in [5.74, 6) is 1.82. The zero-order valence-corrected chi connectivity index (χ0v) is 26.9. The lowest BCUT2D eigenvalue weighted by Crippen LogP contribution is -2.00. The summed E-state index contributed by atoms with van der Waals surface area (Å²) in [6.45, 7) is 0. The second-order valence-electron chi connectivity index (χ2n) is 12.4. The standard InChI is InChI=1S/C45H28N4O/c1-4-15-29(16-5-1)32-27-28-38(49-36-24-12-10-21-33(36)34-22-11-13-25-37(34)49)41-40-35(23-14-26-39(40)50-42(32)41)45-47-43(30-17-6-2-7-18-30)46-44(48-45)31-19-8-3-9-20-31/h1-28H. The summed E-state index contributed by atoms with van der Waals surface area (Å²) in [5.41, 5.74) is 9.73. The van der Waals surface area contributed by atoms with E-state index in [1.165, 1.54) is 10.8 Å². The van der Waals surface area contributed by atoms with Crippen LogP contribution in [0.4, 0.5) is 0 Å². The van der Waals surface area contributed by atoms with Crippen LogP contribution in [-0.2, 0) is 0 Å². The third kappa shape index (κ3) is 4.45. The van der Waals surface area contributed by atoms with Crippen LogP contribution >= 0.6 is 0 Å². The molecule has 5 heteroatoms. The number of para-hydroxylation sites is 2. The Balaban J connectivity index is 1.34. The van der Waals surface area contributed by atoms with Crippen molar-refractivity contribution in [2.24, 2.45) is 0 Å². The van der Waals surface area contributed by atoms with Crippen molar-refractivity contribution in [1.29, 1.82) is 0 Å². The molecule has 0 radical (unpaired) electrons. The number of hydrogen-bond acceptors (Lipinski definition) is 4. The lowest BCUT2D eigenvalue weighted by Gasteiger charge is -2.13. The SMILES string of the molecule is c1ccc(-c2nc(-c3ccccc3)nc(-c3cccc4oc5c(-c6ccccc6)ccc(-n6c7ccccc7c7ccccc76)c5c34)n2)cc1. The smallest absolute Gasteiger partial charge is 0.164 e. The molecule has 0 fully saturated rings. The fraction of sp³-hybridized carbons (Fsp3) is 0. The van der Waals surface area contributed by atoms with E-state index in [1.807, 2.05) is 78.9 Å². The molecule has 0 amide bonds. The molecule has 10 rings (SSSR count). The second-order valence-corrected chi connectivity index (χ2v) is 12.4. The Kier molecular flexibility index (Phi) is 6.42. The summed E-state index contributed by atoms with van der Waals surface area (Å²) < 4.78 is 9.28. The maximum atomic E-state index is 6.91. The fourth-order valence-electron chi connectivity index (χ4n) is 7.23. The van der Waals surface area contributed by atoms with Gasteiger partial charge in [0.05, 0.1) is 22.1 Å². The van der Waals surface area contributed by atoms with Crippen molar-refractivity contribution in [2.45, 2.75) is 0 Å². The maximum absolute atomic E-state index is 6.91. The van der Waals surface area contributed by atoms with Crippen molar-refractivity contribution in [2.75, 3.05) is 0 Å². The van der Waals surface area contributed by atoms with Crippen molar-refractivity contribution in [1.82, 2.24) is 19.5 Å². The molecule has 3 aromatic heterocycles. The van der Waals surface area contributed by atoms with E-state index in [0.717, 1.165) is 66.5 Å². The monoisotopic (exact) mass is 640 g/mol. The Bertz CT molecular complexity index is 2750. The predicted octanol–water partition coefficient (Wildman–Crippen LogP) is 11.5. The van der Waals surface area contributed by atoms with Crippen LogP contribution in [0.3, 0.4) is 0 Å². The predicted molar refractivity (Wildman–Crippen MR) is 203 cm³/mol. The average Bonchev–Trinajstić information content (AvgIpc) is 3.75. The molecule has 0 bridgehead atoms. The van der Waals surface area contributed by atoms with Gasteiger partial charge >= 0.3 is 0 Å². The van der Waals surface area contributed by atoms with Gasteiger partial charge in [0.2, 0.25) is 0 Å². The van der Waals surface area contributed by atoms with E-state index in [9.17, 15) is 0 Å². The van der Waals surface area contributed by atoms with Crippen molar-refractivity contribution < 1.29 is 4.42 Å². The lowest BCUT2D eigenvalue weighted by atomic mass is 9.98. The van der Waals surface area contributed by atoms with Gasteiger partial charge in [-0.2, -0.15) is 0 Å². The van der Waals surface area contributed by atoms with Crippen molar-refractivity contribution >= 4 is 43.7 Å². The molecule has 234 valence electrons. The lowest BCUT2D eigenvalue weighted by molar-refractivity contribution is 0.670. The van der Waals surface area contributed by atoms with Crippen molar-refractivity contribution in [3.63, 3.8) is 0 Å². The van der Waals surface area contributed by atoms with E-state index in [0.29, 0.717) is 17.5 Å². The number of benzene rings is 7. The van der Waals surface area contributed by atoms with Crippen LogP contribution in [-0.4, -0.2) is 19.5 Å². The quantitative estimate of drug-likeness (QED) is 0.188. The third-order valence-electron chi connectivity index (χ3n) is 9.47. The largest absolute Gasteiger partial charge is 0.455 e. The molecule has 50 heavy (non-hydrogen) atoms. The third-order valence-corrected chi connectivity index (χ3v) is 9.47. The van der Waals surface area contributed by atoms with Crippen LogP contribution in [0.25, 0.3) is 94.7 Å². The van der Waals surface area contributed by atoms with E-state index in [2.05, 4.69) is 95.6 Å². The van der Waals surface area contributed by atoms with Gasteiger partial charge in [0.25, 0.3) is 0 Å². The van der Waals surface area contributed by atoms with Gasteiger partial charge in [-0.05, 0) is 35.9 Å². The van der Waals surface area contributed by atoms with Gasteiger partial charge in [-0.25, -0.2) is 15.0 Å². The first-order chi connectivity index (χ1) is 24.8. The molecule has 0 saturated heterocycles. The fourth-order valence-corrected chi connectivity index (χ4v) is 7.23. The molecule has 3 heterocycles. The highest BCUT2D eigenvalue weighted by atomic mass is 16.3. The molecule has 10 aromatic rings. The first-order valence-electron chi connectivity index (χ1n) is 16.7. The van der Waals surface area contributed by atoms with Crippen LogP contribution in [0.5, 0.6) is 0 Å². The Morgan fingerprint density at radius 1 is 0.380 bits per heavy atom. The molecule has 0 aliphatic heterocycles. The Labute approximate surface area is 287 Å². The number of hydrogen-bond donors (Lipinski definition) is 0. The van der Waals surface area contributed by atoms with Crippen LogP contribution in [0.15, 0.2) is 174 Å². The Morgan fingerprint density at radius 3 is 1.50 bits per heavy atom. The summed E-state index contributed by atoms with van der Waals surface area (Å²) in [5, 5.41) is 4.37. The molecule has 0 aliphatic carbocycles. The average molecular weight is 641 g/mol. The normalized spacial score (nSPS) is 11.6. The van der Waals surface area contributed by atoms with Gasteiger partial charge in [-0.15, -0.1) is 0 Å². The minimum absolute atomic E-state index is 0.587. The van der Waals surface area contributed by atoms with E-state index < -0.39 is 0 Å². The van der Waals surface area contributed by atoms with Gasteiger partial charge in [-0.3, -0.25) is 0 Å². The number of nitrogens with zero attached hydrogens (tertiary/aromatic N) is 4. The molecule has 0 spiro atoms. The second kappa shape index (κ2) is 11.4. The summed E-state index contributed by atoms with van der Waals surface area (Å²) in [4.78, 5) is 15.2. The Morgan fingerprint density at radius 2 is 0.900 bits per heavy atom. The van der Waals surface area contributed by atoms with Crippen molar-refractivity contribution in [3.8, 4) is 51.0 Å². The van der Waals surface area contributed by atoms with E-state index in [-0.39, 0.29) is 0 Å². The van der Waals surface area contributed by atoms with Gasteiger partial charge in [0.1, 0.15) is 11.2 Å². The van der Waals surface area contributed by atoms with Gasteiger partial charge < -0.3 is 8.98 Å². The van der Waals surface area contributed by atoms with Gasteiger partial charge in [0, 0.05) is 38.4 Å². The van der Waals surface area contributed by atoms with E-state index in [4.69, 9.17) is 19.4 Å². The number of aromatic nitrogens is 4. The number of rotatable bonds is 5. The minimum atomic E-state index is 0.587. The van der Waals surface area contributed by atoms with E-state index in [1.54, 1.807) is 0 Å². The maximum Gasteiger partial charge on any atom is 0.164 e. The molecule has 0 unspecified atom stereocenters. The highest BCUT2D eigenvalue weighted by Gasteiger charge is 2.24. The first-order valence-corrected chi connectivity index (χ1v) is 16.7. The highest BCUT2D eigenvalue weighted by molar-refractivity contribution is 6.20. The highest BCUT2D eigenvalue weighted by Crippen LogP contribution is 2.45. The number of fused-ring (bicyclic) bond motifs is 6. The van der Waals surface area contributed by atoms with E-state index >= 15 is 0 Å². The van der Waals surface area contributed by atoms with Crippen LogP contribution in [0, 0.1) is 0 Å². The molecule has 5 nitrogen and oxygen atoms in total. The first kappa shape index (κ1) is 28.2. The molecule has 7 aromatic carbocycles. The Hall–Kier alpha value is -6.85. The van der Waals surface area contributed by atoms with Gasteiger partial charge in [0.15, 0.2) is 17.5 Å². The molecule has 0 aliphatic rings. The molecule has 0 saturated carbocycles. The molecule has 0 N–H and O–H groups in total. The zero-order chi connectivity index (χ0) is 33.0. The number of furan rings is 1. The molecule has 0 atom stereocenters. The topological polar surface area (TPSA) is 56.7 Å². The summed E-state index contributed by atoms with van der Waals surface area (Å²) >= 11 is 0. The van der Waals surface area contributed by atoms with Crippen LogP contribution < -0.4 is 0 Å². The summed E-state index contributed by atoms with van der Waals surface area (Å²) in [6, 6.07) is 58.4. The summed E-state index contributed by atoms with van der Waals surface area (Å²) in [6.07, 6.45) is 0. The van der Waals surface area contributed by atoms with Crippen LogP contribution in [0.2, 0.25) is 0 Å². The van der Waals surface area contributed by atoms with Crippen molar-refractivity contribution in [3.05, 3.63) is 170 Å². The minimum Gasteiger partial charge on any atom is -0.455 e. The molecular formula is C45H28N4O. The van der Waals surface area contributed by atoms with Crippen LogP contribution in [0.1, 0.15) is 0 Å². The zero-order valence-electron chi connectivity index (χ0n) is 26.9. The molecular weight excluding hydrogens is 613 g/mol. The summed E-state index contributed by atoms with van der Waals surface area (Å²) in [7, 11) is 0. The van der Waals surface area contributed by atoms with Gasteiger partial charge in [-0.1, -0.05) is 140 Å².